The summed E-state index contributed by atoms with van der Waals surface area (Å²) in [7, 11) is 0. The van der Waals surface area contributed by atoms with Crippen LogP contribution in [0.3, 0.4) is 0 Å². The second-order valence-corrected chi connectivity index (χ2v) is 6.98. The van der Waals surface area contributed by atoms with Crippen molar-refractivity contribution in [3.05, 3.63) is 94.7 Å². The van der Waals surface area contributed by atoms with E-state index >= 15 is 0 Å². The minimum Gasteiger partial charge on any atom is -0.376 e. The van der Waals surface area contributed by atoms with Crippen LogP contribution in [0.5, 0.6) is 5.75 Å². The maximum absolute atomic E-state index is 14.4. The molecule has 0 aliphatic heterocycles. The molecule has 0 fully saturated rings. The summed E-state index contributed by atoms with van der Waals surface area (Å²) >= 11 is 5.85. The van der Waals surface area contributed by atoms with Crippen LogP contribution in [0.15, 0.2) is 54.7 Å². The number of nitrogens with one attached hydrogen (secondary N) is 2. The molecule has 0 saturated heterocycles. The zero-order valence-corrected chi connectivity index (χ0v) is 18.9. The number of halogens is 7. The van der Waals surface area contributed by atoms with Crippen molar-refractivity contribution in [3.63, 3.8) is 0 Å². The van der Waals surface area contributed by atoms with Gasteiger partial charge < -0.3 is 10.2 Å². The predicted molar refractivity (Wildman–Crippen MR) is 120 cm³/mol. The van der Waals surface area contributed by atoms with E-state index in [1.165, 1.54) is 6.07 Å². The van der Waals surface area contributed by atoms with Gasteiger partial charge in [0.1, 0.15) is 5.69 Å². The Morgan fingerprint density at radius 2 is 1.40 bits per heavy atom. The fourth-order valence-corrected chi connectivity index (χ4v) is 2.86. The van der Waals surface area contributed by atoms with E-state index in [0.717, 1.165) is 17.8 Å². The van der Waals surface area contributed by atoms with E-state index in [4.69, 9.17) is 11.6 Å². The van der Waals surface area contributed by atoms with Gasteiger partial charge in [0.25, 0.3) is 0 Å². The third kappa shape index (κ3) is 5.62. The van der Waals surface area contributed by atoms with Crippen LogP contribution < -0.4 is 15.6 Å². The van der Waals surface area contributed by atoms with Crippen LogP contribution in [-0.4, -0.2) is 9.78 Å². The molecule has 0 saturated carbocycles. The summed E-state index contributed by atoms with van der Waals surface area (Å²) in [6, 6.07) is 12.0. The van der Waals surface area contributed by atoms with Crippen molar-refractivity contribution >= 4 is 28.8 Å². The standard InChI is InChI=1S/C21H11ClF6N4O.C2H6/c22-10-1-4-12(5-2-10)32-8-7-15(30-32)29-11-3-6-14(13(23)9-11)31-33-21-19(27)17(25)16(24)18(26)20(21)28;1-2/h1-9,31H,(H,29,30);1-2H3. The first-order valence-corrected chi connectivity index (χ1v) is 10.4. The van der Waals surface area contributed by atoms with Crippen molar-refractivity contribution in [2.75, 3.05) is 10.8 Å². The van der Waals surface area contributed by atoms with E-state index in [9.17, 15) is 26.3 Å². The SMILES string of the molecule is CC.Fc1cc(Nc2ccn(-c3ccc(Cl)cc3)n2)ccc1NOc1c(F)c(F)c(F)c(F)c1F. The van der Waals surface area contributed by atoms with Gasteiger partial charge in [-0.3, -0.25) is 0 Å². The number of rotatable bonds is 6. The lowest BCUT2D eigenvalue weighted by molar-refractivity contribution is 0.306. The first-order chi connectivity index (χ1) is 16.7. The molecule has 0 aliphatic rings. The zero-order valence-electron chi connectivity index (χ0n) is 18.1. The van der Waals surface area contributed by atoms with Crippen LogP contribution in [0.25, 0.3) is 5.69 Å². The normalized spacial score (nSPS) is 10.4. The van der Waals surface area contributed by atoms with Gasteiger partial charge in [0.05, 0.1) is 5.69 Å². The number of anilines is 3. The van der Waals surface area contributed by atoms with Gasteiger partial charge in [0.15, 0.2) is 11.6 Å². The van der Waals surface area contributed by atoms with Crippen molar-refractivity contribution in [1.82, 2.24) is 9.78 Å². The summed E-state index contributed by atoms with van der Waals surface area (Å²) in [6.07, 6.45) is 1.66. The lowest BCUT2D eigenvalue weighted by Gasteiger charge is -2.12. The van der Waals surface area contributed by atoms with Crippen molar-refractivity contribution < 1.29 is 31.2 Å². The molecule has 2 N–H and O–H groups in total. The quantitative estimate of drug-likeness (QED) is 0.121. The third-order valence-electron chi connectivity index (χ3n) is 4.35. The lowest BCUT2D eigenvalue weighted by Crippen LogP contribution is -2.12. The molecule has 0 unspecified atom stereocenters. The van der Waals surface area contributed by atoms with Crippen LogP contribution in [0.1, 0.15) is 13.8 Å². The van der Waals surface area contributed by atoms with Gasteiger partial charge in [-0.2, -0.15) is 13.9 Å². The van der Waals surface area contributed by atoms with Crippen molar-refractivity contribution in [2.24, 2.45) is 0 Å². The first kappa shape index (κ1) is 25.8. The molecule has 0 spiro atoms. The Kier molecular flexibility index (Phi) is 8.13. The Hall–Kier alpha value is -3.86. The number of nitrogens with zero attached hydrogens (tertiary/aromatic N) is 2. The van der Waals surface area contributed by atoms with Crippen molar-refractivity contribution in [1.29, 1.82) is 0 Å². The summed E-state index contributed by atoms with van der Waals surface area (Å²) in [5.74, 6) is -13.3. The highest BCUT2D eigenvalue weighted by molar-refractivity contribution is 6.30. The average molecular weight is 515 g/mol. The Balaban J connectivity index is 0.00000167. The van der Waals surface area contributed by atoms with Crippen molar-refractivity contribution in [3.8, 4) is 11.4 Å². The third-order valence-corrected chi connectivity index (χ3v) is 4.61. The van der Waals surface area contributed by atoms with E-state index in [0.29, 0.717) is 10.8 Å². The molecule has 1 aromatic heterocycles. The number of hydrogen-bond acceptors (Lipinski definition) is 4. The maximum atomic E-state index is 14.4. The topological polar surface area (TPSA) is 51.1 Å². The van der Waals surface area contributed by atoms with E-state index in [2.05, 4.69) is 15.3 Å². The fraction of sp³-hybridized carbons (Fsp3) is 0.0870. The van der Waals surface area contributed by atoms with E-state index in [-0.39, 0.29) is 5.69 Å². The highest BCUT2D eigenvalue weighted by Gasteiger charge is 2.27. The zero-order chi connectivity index (χ0) is 25.7. The van der Waals surface area contributed by atoms with Crippen LogP contribution in [-0.2, 0) is 0 Å². The molecule has 0 radical (unpaired) electrons. The summed E-state index contributed by atoms with van der Waals surface area (Å²) in [5, 5.41) is 7.72. The van der Waals surface area contributed by atoms with E-state index < -0.39 is 46.3 Å². The monoisotopic (exact) mass is 514 g/mol. The van der Waals surface area contributed by atoms with Crippen molar-refractivity contribution in [2.45, 2.75) is 13.8 Å². The molecule has 5 nitrogen and oxygen atoms in total. The molecule has 0 bridgehead atoms. The highest BCUT2D eigenvalue weighted by Crippen LogP contribution is 2.30. The molecule has 1 heterocycles. The molecule has 4 aromatic rings. The summed E-state index contributed by atoms with van der Waals surface area (Å²) in [6.45, 7) is 4.00. The Labute approximate surface area is 200 Å². The van der Waals surface area contributed by atoms with E-state index in [1.54, 1.807) is 41.2 Å². The maximum Gasteiger partial charge on any atom is 0.232 e. The van der Waals surface area contributed by atoms with Gasteiger partial charge >= 0.3 is 0 Å². The molecule has 3 aromatic carbocycles. The number of hydrogen-bond donors (Lipinski definition) is 2. The van der Waals surface area contributed by atoms with Crippen LogP contribution in [0, 0.1) is 34.9 Å². The van der Waals surface area contributed by atoms with Gasteiger partial charge in [-0.15, -0.1) is 0 Å². The minimum atomic E-state index is -2.34. The second-order valence-electron chi connectivity index (χ2n) is 6.54. The predicted octanol–water partition coefficient (Wildman–Crippen LogP) is 7.54. The summed E-state index contributed by atoms with van der Waals surface area (Å²) in [5.41, 5.74) is 2.42. The van der Waals surface area contributed by atoms with Gasteiger partial charge in [-0.05, 0) is 42.5 Å². The second kappa shape index (κ2) is 11.0. The van der Waals surface area contributed by atoms with Gasteiger partial charge in [-0.25, -0.2) is 27.7 Å². The van der Waals surface area contributed by atoms with Gasteiger partial charge in [-0.1, -0.05) is 25.4 Å². The fourth-order valence-electron chi connectivity index (χ4n) is 2.73. The Morgan fingerprint density at radius 3 is 2.00 bits per heavy atom. The molecule has 12 heteroatoms. The van der Waals surface area contributed by atoms with Gasteiger partial charge in [0, 0.05) is 23.0 Å². The summed E-state index contributed by atoms with van der Waals surface area (Å²) in [4.78, 5) is 4.44. The van der Waals surface area contributed by atoms with Crippen LogP contribution in [0.4, 0.5) is 43.5 Å². The smallest absolute Gasteiger partial charge is 0.232 e. The largest absolute Gasteiger partial charge is 0.376 e. The molecule has 0 atom stereocenters. The Bertz CT molecular complexity index is 1300. The molecule has 184 valence electrons. The molecule has 4 rings (SSSR count). The van der Waals surface area contributed by atoms with Crippen LogP contribution in [0.2, 0.25) is 5.02 Å². The highest BCUT2D eigenvalue weighted by atomic mass is 35.5. The molecular weight excluding hydrogens is 498 g/mol. The van der Waals surface area contributed by atoms with Gasteiger partial charge in [0.2, 0.25) is 34.8 Å². The lowest BCUT2D eigenvalue weighted by atomic mass is 10.2. The molecular formula is C23H17ClF6N4O. The number of aromatic nitrogens is 2. The molecule has 35 heavy (non-hydrogen) atoms. The Morgan fingerprint density at radius 1 is 0.800 bits per heavy atom. The first-order valence-electron chi connectivity index (χ1n) is 10.1. The minimum absolute atomic E-state index is 0.260. The van der Waals surface area contributed by atoms with E-state index in [1.807, 2.05) is 19.3 Å². The van der Waals surface area contributed by atoms with Crippen LogP contribution >= 0.6 is 11.6 Å². The number of benzene rings is 3. The summed E-state index contributed by atoms with van der Waals surface area (Å²) < 4.78 is 82.8. The molecule has 0 amide bonds. The average Bonchev–Trinajstić information content (AvgIpc) is 3.32. The molecule has 0 aliphatic carbocycles.